The van der Waals surface area contributed by atoms with Gasteiger partial charge in [0.15, 0.2) is 0 Å². The lowest BCUT2D eigenvalue weighted by atomic mass is 9.66. The monoisotopic (exact) mass is 202 g/mol. The van der Waals surface area contributed by atoms with Crippen LogP contribution in [0.1, 0.15) is 36.4 Å². The van der Waals surface area contributed by atoms with E-state index in [9.17, 15) is 0 Å². The van der Waals surface area contributed by atoms with Gasteiger partial charge >= 0.3 is 0 Å². The quantitative estimate of drug-likeness (QED) is 0.797. The third-order valence-corrected chi connectivity index (χ3v) is 4.30. The van der Waals surface area contributed by atoms with Gasteiger partial charge in [-0.3, -0.25) is 4.98 Å². The summed E-state index contributed by atoms with van der Waals surface area (Å²) in [6, 6.07) is 4.29. The maximum atomic E-state index is 5.79. The minimum absolute atomic E-state index is 0.712. The Labute approximate surface area is 90.9 Å². The molecular formula is C13H18N2. The Morgan fingerprint density at radius 3 is 3.00 bits per heavy atom. The summed E-state index contributed by atoms with van der Waals surface area (Å²) < 4.78 is 0. The normalized spacial score (nSPS) is 33.5. The van der Waals surface area contributed by atoms with Crippen LogP contribution in [0, 0.1) is 11.8 Å². The van der Waals surface area contributed by atoms with E-state index in [0.717, 1.165) is 18.4 Å². The van der Waals surface area contributed by atoms with Crippen LogP contribution in [-0.4, -0.2) is 11.5 Å². The molecule has 0 amide bonds. The molecule has 2 aliphatic rings. The number of nitrogens with zero attached hydrogens (tertiary/aromatic N) is 1. The van der Waals surface area contributed by atoms with Gasteiger partial charge in [-0.25, -0.2) is 0 Å². The van der Waals surface area contributed by atoms with Crippen LogP contribution in [0.5, 0.6) is 0 Å². The Hall–Kier alpha value is -0.890. The molecule has 3 rings (SSSR count). The summed E-state index contributed by atoms with van der Waals surface area (Å²) in [5.74, 6) is 2.30. The van der Waals surface area contributed by atoms with E-state index in [4.69, 9.17) is 5.73 Å². The summed E-state index contributed by atoms with van der Waals surface area (Å²) in [5, 5.41) is 0. The van der Waals surface area contributed by atoms with Crippen molar-refractivity contribution in [1.29, 1.82) is 0 Å². The first-order valence-corrected chi connectivity index (χ1v) is 6.04. The zero-order chi connectivity index (χ0) is 10.3. The van der Waals surface area contributed by atoms with Crippen molar-refractivity contribution in [2.24, 2.45) is 17.6 Å². The van der Waals surface area contributed by atoms with Crippen molar-refractivity contribution in [2.45, 2.75) is 31.6 Å². The van der Waals surface area contributed by atoms with Crippen LogP contribution in [0.4, 0.5) is 0 Å². The number of hydrogen-bond acceptors (Lipinski definition) is 2. The minimum atomic E-state index is 0.712. The van der Waals surface area contributed by atoms with Crippen LogP contribution >= 0.6 is 0 Å². The van der Waals surface area contributed by atoms with Gasteiger partial charge in [0.1, 0.15) is 0 Å². The molecule has 0 aliphatic heterocycles. The number of fused-ring (bicyclic) bond motifs is 1. The summed E-state index contributed by atoms with van der Waals surface area (Å²) in [5.41, 5.74) is 8.64. The van der Waals surface area contributed by atoms with Gasteiger partial charge < -0.3 is 5.73 Å². The zero-order valence-electron chi connectivity index (χ0n) is 9.02. The van der Waals surface area contributed by atoms with E-state index in [1.54, 1.807) is 0 Å². The van der Waals surface area contributed by atoms with Crippen molar-refractivity contribution < 1.29 is 0 Å². The summed E-state index contributed by atoms with van der Waals surface area (Å²) in [7, 11) is 0. The van der Waals surface area contributed by atoms with Gasteiger partial charge in [-0.15, -0.1) is 0 Å². The van der Waals surface area contributed by atoms with Crippen molar-refractivity contribution in [1.82, 2.24) is 4.98 Å². The molecule has 3 atom stereocenters. The maximum Gasteiger partial charge on any atom is 0.0469 e. The summed E-state index contributed by atoms with van der Waals surface area (Å²) in [6.07, 6.45) is 7.16. The summed E-state index contributed by atoms with van der Waals surface area (Å²) in [4.78, 5) is 4.57. The van der Waals surface area contributed by atoms with Crippen molar-refractivity contribution in [2.75, 3.05) is 6.54 Å². The second kappa shape index (κ2) is 3.60. The lowest BCUT2D eigenvalue weighted by molar-refractivity contribution is 0.146. The highest BCUT2D eigenvalue weighted by atomic mass is 14.7. The van der Waals surface area contributed by atoms with Crippen LogP contribution in [0.2, 0.25) is 0 Å². The molecule has 2 N–H and O–H groups in total. The highest BCUT2D eigenvalue weighted by Gasteiger charge is 2.39. The standard InChI is InChI=1S/C13H18N2/c14-8-10-4-5-11(10)12-6-3-9-2-1-7-15-13(9)12/h1-2,7,10-12H,3-6,8,14H2. The van der Waals surface area contributed by atoms with Crippen LogP contribution in [-0.2, 0) is 6.42 Å². The van der Waals surface area contributed by atoms with E-state index in [1.165, 1.54) is 36.9 Å². The number of pyridine rings is 1. The number of nitrogens with two attached hydrogens (primary N) is 1. The van der Waals surface area contributed by atoms with E-state index in [1.807, 2.05) is 6.20 Å². The zero-order valence-corrected chi connectivity index (χ0v) is 9.02. The first-order valence-electron chi connectivity index (χ1n) is 6.04. The number of aryl methyl sites for hydroxylation is 1. The van der Waals surface area contributed by atoms with Crippen molar-refractivity contribution in [3.8, 4) is 0 Å². The van der Waals surface area contributed by atoms with Gasteiger partial charge in [-0.2, -0.15) is 0 Å². The number of aromatic nitrogens is 1. The second-order valence-electron chi connectivity index (χ2n) is 4.93. The largest absolute Gasteiger partial charge is 0.330 e. The Morgan fingerprint density at radius 1 is 1.33 bits per heavy atom. The third kappa shape index (κ3) is 1.39. The molecule has 1 fully saturated rings. The molecular weight excluding hydrogens is 184 g/mol. The Kier molecular flexibility index (Phi) is 2.24. The molecule has 1 heterocycles. The van der Waals surface area contributed by atoms with E-state index >= 15 is 0 Å². The third-order valence-electron chi connectivity index (χ3n) is 4.30. The molecule has 0 bridgehead atoms. The highest BCUT2D eigenvalue weighted by Crippen LogP contribution is 2.48. The second-order valence-corrected chi connectivity index (χ2v) is 4.93. The molecule has 0 saturated heterocycles. The SMILES string of the molecule is NCC1CCC1C1CCc2cccnc21. The molecule has 1 aromatic heterocycles. The predicted octanol–water partition coefficient (Wildman–Crippen LogP) is 2.10. The van der Waals surface area contributed by atoms with E-state index in [2.05, 4.69) is 17.1 Å². The maximum absolute atomic E-state index is 5.79. The van der Waals surface area contributed by atoms with E-state index in [0.29, 0.717) is 5.92 Å². The molecule has 1 aromatic rings. The van der Waals surface area contributed by atoms with Crippen molar-refractivity contribution in [3.63, 3.8) is 0 Å². The van der Waals surface area contributed by atoms with Crippen LogP contribution < -0.4 is 5.73 Å². The van der Waals surface area contributed by atoms with Gasteiger partial charge in [0.05, 0.1) is 0 Å². The Balaban J connectivity index is 1.85. The molecule has 3 unspecified atom stereocenters. The first kappa shape index (κ1) is 9.34. The predicted molar refractivity (Wildman–Crippen MR) is 60.6 cm³/mol. The Bertz CT molecular complexity index is 359. The van der Waals surface area contributed by atoms with Crippen molar-refractivity contribution in [3.05, 3.63) is 29.6 Å². The number of rotatable bonds is 2. The fourth-order valence-electron chi connectivity index (χ4n) is 3.28. The highest BCUT2D eigenvalue weighted by molar-refractivity contribution is 5.29. The van der Waals surface area contributed by atoms with E-state index < -0.39 is 0 Å². The fourth-order valence-corrected chi connectivity index (χ4v) is 3.28. The summed E-state index contributed by atoms with van der Waals surface area (Å²) >= 11 is 0. The molecule has 1 saturated carbocycles. The van der Waals surface area contributed by atoms with Crippen LogP contribution in [0.15, 0.2) is 18.3 Å². The average molecular weight is 202 g/mol. The average Bonchev–Trinajstić information content (AvgIpc) is 2.62. The molecule has 0 aromatic carbocycles. The smallest absolute Gasteiger partial charge is 0.0469 e. The number of hydrogen-bond donors (Lipinski definition) is 1. The molecule has 2 heteroatoms. The van der Waals surface area contributed by atoms with Gasteiger partial charge in [0.2, 0.25) is 0 Å². The van der Waals surface area contributed by atoms with E-state index in [-0.39, 0.29) is 0 Å². The first-order chi connectivity index (χ1) is 7.40. The molecule has 15 heavy (non-hydrogen) atoms. The lowest BCUT2D eigenvalue weighted by Crippen LogP contribution is -2.36. The molecule has 2 nitrogen and oxygen atoms in total. The topological polar surface area (TPSA) is 38.9 Å². The van der Waals surface area contributed by atoms with Crippen LogP contribution in [0.3, 0.4) is 0 Å². The molecule has 80 valence electrons. The van der Waals surface area contributed by atoms with Gasteiger partial charge in [-0.1, -0.05) is 6.07 Å². The van der Waals surface area contributed by atoms with Crippen LogP contribution in [0.25, 0.3) is 0 Å². The van der Waals surface area contributed by atoms with Crippen molar-refractivity contribution >= 4 is 0 Å². The van der Waals surface area contributed by atoms with Gasteiger partial charge in [0, 0.05) is 17.8 Å². The minimum Gasteiger partial charge on any atom is -0.330 e. The Morgan fingerprint density at radius 2 is 2.27 bits per heavy atom. The summed E-state index contributed by atoms with van der Waals surface area (Å²) in [6.45, 7) is 0.864. The molecule has 0 spiro atoms. The molecule has 2 aliphatic carbocycles. The van der Waals surface area contributed by atoms with Gasteiger partial charge in [0.25, 0.3) is 0 Å². The molecule has 0 radical (unpaired) electrons. The van der Waals surface area contributed by atoms with Gasteiger partial charge in [-0.05, 0) is 55.7 Å². The fraction of sp³-hybridized carbons (Fsp3) is 0.615. The lowest BCUT2D eigenvalue weighted by Gasteiger charge is -2.40.